The number of aliphatic hydroxyl groups is 3. The van der Waals surface area contributed by atoms with Crippen LogP contribution >= 0.6 is 0 Å². The second-order valence-corrected chi connectivity index (χ2v) is 9.65. The minimum atomic E-state index is -1.03. The van der Waals surface area contributed by atoms with Crippen molar-refractivity contribution >= 4 is 5.78 Å². The second kappa shape index (κ2) is 6.02. The van der Waals surface area contributed by atoms with Crippen LogP contribution in [-0.4, -0.2) is 52.8 Å². The number of aliphatic hydroxyl groups excluding tert-OH is 3. The monoisotopic (exact) mass is 380 g/mol. The molecular formula is C21H32O6. The van der Waals surface area contributed by atoms with Gasteiger partial charge in [0.1, 0.15) is 0 Å². The molecule has 0 aromatic rings. The van der Waals surface area contributed by atoms with E-state index in [0.717, 1.165) is 0 Å². The van der Waals surface area contributed by atoms with E-state index in [9.17, 15) is 20.1 Å². The van der Waals surface area contributed by atoms with Crippen LogP contribution in [0, 0.1) is 40.4 Å². The van der Waals surface area contributed by atoms with Gasteiger partial charge in [0.05, 0.1) is 25.4 Å². The summed E-state index contributed by atoms with van der Waals surface area (Å²) in [5.74, 6) is -0.416. The summed E-state index contributed by atoms with van der Waals surface area (Å²) in [7, 11) is 1.50. The first-order valence-corrected chi connectivity index (χ1v) is 10.1. The molecule has 152 valence electrons. The van der Waals surface area contributed by atoms with E-state index < -0.39 is 35.2 Å². The first kappa shape index (κ1) is 19.4. The number of ether oxygens (including phenoxy) is 2. The van der Waals surface area contributed by atoms with Gasteiger partial charge in [0.2, 0.25) is 5.78 Å². The fourth-order valence-electron chi connectivity index (χ4n) is 7.37. The van der Waals surface area contributed by atoms with Gasteiger partial charge >= 0.3 is 0 Å². The number of methoxy groups -OCH3 is 1. The van der Waals surface area contributed by atoms with E-state index in [4.69, 9.17) is 9.47 Å². The van der Waals surface area contributed by atoms with Crippen LogP contribution in [0.2, 0.25) is 0 Å². The number of Topliss-reactive ketones (excluding diaryl/α,β-unsaturated/α-hetero) is 1. The summed E-state index contributed by atoms with van der Waals surface area (Å²) in [5, 5.41) is 32.4. The van der Waals surface area contributed by atoms with Gasteiger partial charge in [-0.05, 0) is 36.2 Å². The number of allylic oxidation sites excluding steroid dienone is 2. The van der Waals surface area contributed by atoms with Crippen molar-refractivity contribution in [3.63, 3.8) is 0 Å². The Balaban J connectivity index is 1.91. The van der Waals surface area contributed by atoms with E-state index in [0.29, 0.717) is 18.6 Å². The molecular weight excluding hydrogens is 348 g/mol. The predicted molar refractivity (Wildman–Crippen MR) is 97.2 cm³/mol. The predicted octanol–water partition coefficient (Wildman–Crippen LogP) is 1.48. The highest BCUT2D eigenvalue weighted by Gasteiger charge is 2.72. The third-order valence-electron chi connectivity index (χ3n) is 8.67. The first-order chi connectivity index (χ1) is 12.6. The van der Waals surface area contributed by atoms with Crippen molar-refractivity contribution in [1.29, 1.82) is 0 Å². The molecule has 1 aliphatic heterocycles. The lowest BCUT2D eigenvalue weighted by molar-refractivity contribution is -0.325. The Morgan fingerprint density at radius 1 is 1.11 bits per heavy atom. The summed E-state index contributed by atoms with van der Waals surface area (Å²) in [6, 6.07) is 0. The highest BCUT2D eigenvalue weighted by Crippen LogP contribution is 2.68. The minimum absolute atomic E-state index is 0.0348. The number of hydrogen-bond acceptors (Lipinski definition) is 6. The quantitative estimate of drug-likeness (QED) is 0.638. The Bertz CT molecular complexity index is 676. The van der Waals surface area contributed by atoms with Crippen LogP contribution in [0.25, 0.3) is 0 Å². The maximum atomic E-state index is 13.5. The van der Waals surface area contributed by atoms with Crippen molar-refractivity contribution in [2.75, 3.05) is 7.11 Å². The molecule has 4 aliphatic rings. The van der Waals surface area contributed by atoms with Crippen molar-refractivity contribution < 1.29 is 29.6 Å². The molecule has 4 rings (SSSR count). The second-order valence-electron chi connectivity index (χ2n) is 9.65. The van der Waals surface area contributed by atoms with Crippen LogP contribution in [0.15, 0.2) is 11.8 Å². The molecule has 0 amide bonds. The molecule has 1 saturated heterocycles. The molecule has 6 nitrogen and oxygen atoms in total. The number of rotatable bonds is 1. The molecule has 3 N–H and O–H groups in total. The molecule has 6 heteroatoms. The van der Waals surface area contributed by atoms with Crippen molar-refractivity contribution in [3.05, 3.63) is 11.8 Å². The zero-order valence-corrected chi connectivity index (χ0v) is 16.8. The average molecular weight is 380 g/mol. The SMILES string of the molecule is COC1=C[C@@H](C)[C@H]2C[C@H]3O[C@@H](O)C[C@H]4[C@@H](C)[C@H](O)[C@@H](O)[C@H]([C@@]2(C)C1=O)[C@@]34C. The van der Waals surface area contributed by atoms with Crippen LogP contribution in [0.4, 0.5) is 0 Å². The van der Waals surface area contributed by atoms with Gasteiger partial charge in [0, 0.05) is 23.2 Å². The van der Waals surface area contributed by atoms with Crippen LogP contribution < -0.4 is 0 Å². The Kier molecular flexibility index (Phi) is 4.32. The molecule has 2 saturated carbocycles. The lowest BCUT2D eigenvalue weighted by atomic mass is 9.38. The summed E-state index contributed by atoms with van der Waals surface area (Å²) in [6.45, 7) is 7.99. The summed E-state index contributed by atoms with van der Waals surface area (Å²) in [6.07, 6.45) is -0.173. The number of carbonyl (C=O) groups is 1. The normalized spacial score (nSPS) is 57.4. The summed E-state index contributed by atoms with van der Waals surface area (Å²) in [5.41, 5.74) is -1.36. The van der Waals surface area contributed by atoms with Crippen molar-refractivity contribution in [1.82, 2.24) is 0 Å². The van der Waals surface area contributed by atoms with E-state index in [2.05, 4.69) is 13.8 Å². The molecule has 3 aliphatic carbocycles. The third-order valence-corrected chi connectivity index (χ3v) is 8.67. The van der Waals surface area contributed by atoms with E-state index in [-0.39, 0.29) is 35.6 Å². The van der Waals surface area contributed by atoms with Gasteiger partial charge in [-0.1, -0.05) is 27.7 Å². The molecule has 0 bridgehead atoms. The number of hydrogen-bond donors (Lipinski definition) is 3. The van der Waals surface area contributed by atoms with Crippen LogP contribution in [0.5, 0.6) is 0 Å². The largest absolute Gasteiger partial charge is 0.493 e. The molecule has 0 aromatic heterocycles. The van der Waals surface area contributed by atoms with Gasteiger partial charge in [-0.25, -0.2) is 0 Å². The summed E-state index contributed by atoms with van der Waals surface area (Å²) in [4.78, 5) is 13.5. The molecule has 1 heterocycles. The molecule has 0 aromatic carbocycles. The van der Waals surface area contributed by atoms with Gasteiger partial charge < -0.3 is 24.8 Å². The number of ketones is 1. The minimum Gasteiger partial charge on any atom is -0.493 e. The molecule has 0 spiro atoms. The van der Waals surface area contributed by atoms with Crippen LogP contribution in [-0.2, 0) is 14.3 Å². The van der Waals surface area contributed by atoms with Gasteiger partial charge in [0.25, 0.3) is 0 Å². The molecule has 27 heavy (non-hydrogen) atoms. The van der Waals surface area contributed by atoms with Gasteiger partial charge in [-0.15, -0.1) is 0 Å². The average Bonchev–Trinajstić information content (AvgIpc) is 2.61. The van der Waals surface area contributed by atoms with Gasteiger partial charge in [-0.2, -0.15) is 0 Å². The highest BCUT2D eigenvalue weighted by atomic mass is 16.6. The Labute approximate surface area is 160 Å². The lowest BCUT2D eigenvalue weighted by Crippen LogP contribution is -2.73. The van der Waals surface area contributed by atoms with E-state index in [1.807, 2.05) is 19.9 Å². The van der Waals surface area contributed by atoms with E-state index in [1.165, 1.54) is 7.11 Å². The summed E-state index contributed by atoms with van der Waals surface area (Å²) >= 11 is 0. The molecule has 0 unspecified atom stereocenters. The van der Waals surface area contributed by atoms with Crippen LogP contribution in [0.3, 0.4) is 0 Å². The highest BCUT2D eigenvalue weighted by molar-refractivity contribution is 5.99. The fraction of sp³-hybridized carbons (Fsp3) is 0.857. The number of carbonyl (C=O) groups excluding carboxylic acids is 1. The zero-order chi connectivity index (χ0) is 19.9. The topological polar surface area (TPSA) is 96.2 Å². The van der Waals surface area contributed by atoms with Crippen LogP contribution in [0.1, 0.15) is 40.5 Å². The Morgan fingerprint density at radius 3 is 2.41 bits per heavy atom. The maximum absolute atomic E-state index is 13.5. The first-order valence-electron chi connectivity index (χ1n) is 10.1. The van der Waals surface area contributed by atoms with Gasteiger partial charge in [0.15, 0.2) is 12.0 Å². The van der Waals surface area contributed by atoms with Crippen molar-refractivity contribution in [2.24, 2.45) is 40.4 Å². The van der Waals surface area contributed by atoms with Gasteiger partial charge in [-0.3, -0.25) is 4.79 Å². The maximum Gasteiger partial charge on any atom is 0.203 e. The molecule has 11 atom stereocenters. The van der Waals surface area contributed by atoms with Crippen molar-refractivity contribution in [2.45, 2.75) is 65.1 Å². The van der Waals surface area contributed by atoms with E-state index in [1.54, 1.807) is 0 Å². The third kappa shape index (κ3) is 2.24. The Morgan fingerprint density at radius 2 is 1.78 bits per heavy atom. The Hall–Kier alpha value is -0.950. The van der Waals surface area contributed by atoms with E-state index >= 15 is 0 Å². The lowest BCUT2D eigenvalue weighted by Gasteiger charge is -2.69. The smallest absolute Gasteiger partial charge is 0.203 e. The standard InChI is InChI=1S/C21H32O6/c1-9-6-13(26-5)19(25)21(4)11(9)7-14-20(3)12(8-15(22)27-14)10(2)16(23)17(24)18(20)21/h6,9-12,14-18,22-24H,7-8H2,1-5H3/t9-,10-,11-,12+,14-,15-,16+,17-,18+,20-,21+/m1/s1. The molecule has 3 fully saturated rings. The summed E-state index contributed by atoms with van der Waals surface area (Å²) < 4.78 is 11.4. The zero-order valence-electron chi connectivity index (χ0n) is 16.8. The van der Waals surface area contributed by atoms with Crippen molar-refractivity contribution in [3.8, 4) is 0 Å². The molecule has 0 radical (unpaired) electrons. The number of fused-ring (bicyclic) bond motifs is 2. The fourth-order valence-corrected chi connectivity index (χ4v) is 7.37.